The number of aryl methyl sites for hydroxylation is 3. The van der Waals surface area contributed by atoms with Crippen molar-refractivity contribution in [1.82, 2.24) is 19.3 Å². The lowest BCUT2D eigenvalue weighted by molar-refractivity contribution is -0.115. The van der Waals surface area contributed by atoms with Gasteiger partial charge in [-0.3, -0.25) is 9.48 Å². The third kappa shape index (κ3) is 3.01. The van der Waals surface area contributed by atoms with Gasteiger partial charge in [-0.25, -0.2) is 4.98 Å². The predicted molar refractivity (Wildman–Crippen MR) is 80.1 cm³/mol. The molecule has 0 saturated carbocycles. The first-order chi connectivity index (χ1) is 10.7. The van der Waals surface area contributed by atoms with Crippen LogP contribution in [-0.4, -0.2) is 25.2 Å². The number of carbonyl (C=O) groups is 1. The van der Waals surface area contributed by atoms with Crippen molar-refractivity contribution in [3.05, 3.63) is 29.5 Å². The fourth-order valence-corrected chi connectivity index (χ4v) is 2.70. The van der Waals surface area contributed by atoms with Gasteiger partial charge in [-0.2, -0.15) is 10.4 Å². The lowest BCUT2D eigenvalue weighted by Crippen LogP contribution is -2.16. The SMILES string of the molecule is Cc1cn(CC#N)nc1NC(=O)Cc1cn2c(n1)CCCC2. The van der Waals surface area contributed by atoms with E-state index >= 15 is 0 Å². The van der Waals surface area contributed by atoms with E-state index in [2.05, 4.69) is 20.0 Å². The van der Waals surface area contributed by atoms with Crippen molar-refractivity contribution < 1.29 is 4.79 Å². The van der Waals surface area contributed by atoms with Gasteiger partial charge in [0.1, 0.15) is 12.4 Å². The largest absolute Gasteiger partial charge is 0.335 e. The van der Waals surface area contributed by atoms with Crippen LogP contribution < -0.4 is 5.32 Å². The summed E-state index contributed by atoms with van der Waals surface area (Å²) in [5, 5.41) is 15.6. The van der Waals surface area contributed by atoms with Gasteiger partial charge in [0.05, 0.1) is 18.2 Å². The molecule has 2 aromatic heterocycles. The molecule has 3 rings (SSSR count). The summed E-state index contributed by atoms with van der Waals surface area (Å²) >= 11 is 0. The van der Waals surface area contributed by atoms with Gasteiger partial charge in [-0.05, 0) is 19.8 Å². The van der Waals surface area contributed by atoms with Crippen molar-refractivity contribution in [3.8, 4) is 6.07 Å². The summed E-state index contributed by atoms with van der Waals surface area (Å²) in [5.41, 5.74) is 1.64. The molecule has 1 amide bonds. The minimum absolute atomic E-state index is 0.138. The fraction of sp³-hybridized carbons (Fsp3) is 0.467. The standard InChI is InChI=1S/C15H18N6O/c1-11-9-21(7-5-16)19-15(11)18-14(22)8-12-10-20-6-3-2-4-13(20)17-12/h9-10H,2-4,6-8H2,1H3,(H,18,19,22). The van der Waals surface area contributed by atoms with Gasteiger partial charge in [-0.1, -0.05) is 0 Å². The number of rotatable bonds is 4. The highest BCUT2D eigenvalue weighted by Gasteiger charge is 2.15. The van der Waals surface area contributed by atoms with E-state index in [1.54, 1.807) is 6.20 Å². The van der Waals surface area contributed by atoms with Gasteiger partial charge in [0.2, 0.25) is 5.91 Å². The maximum Gasteiger partial charge on any atom is 0.231 e. The molecule has 0 unspecified atom stereocenters. The van der Waals surface area contributed by atoms with E-state index in [0.29, 0.717) is 5.82 Å². The van der Waals surface area contributed by atoms with Crippen LogP contribution in [0, 0.1) is 18.3 Å². The minimum Gasteiger partial charge on any atom is -0.335 e. The normalized spacial score (nSPS) is 13.5. The Bertz CT molecular complexity index is 712. The first-order valence-electron chi connectivity index (χ1n) is 7.41. The zero-order chi connectivity index (χ0) is 15.5. The first kappa shape index (κ1) is 14.3. The Balaban J connectivity index is 1.65. The third-order valence-electron chi connectivity index (χ3n) is 3.74. The van der Waals surface area contributed by atoms with Crippen molar-refractivity contribution in [2.45, 2.75) is 45.7 Å². The number of hydrogen-bond donors (Lipinski definition) is 1. The second-order valence-corrected chi connectivity index (χ2v) is 5.54. The second kappa shape index (κ2) is 6.02. The number of fused-ring (bicyclic) bond motifs is 1. The van der Waals surface area contributed by atoms with E-state index in [1.165, 1.54) is 11.1 Å². The summed E-state index contributed by atoms with van der Waals surface area (Å²) < 4.78 is 3.65. The van der Waals surface area contributed by atoms with Crippen LogP contribution in [-0.2, 0) is 30.7 Å². The molecule has 22 heavy (non-hydrogen) atoms. The molecular formula is C15H18N6O. The van der Waals surface area contributed by atoms with Crippen LogP contribution in [0.5, 0.6) is 0 Å². The molecule has 7 heteroatoms. The number of amides is 1. The van der Waals surface area contributed by atoms with Crippen LogP contribution in [0.3, 0.4) is 0 Å². The number of nitrogens with zero attached hydrogens (tertiary/aromatic N) is 5. The van der Waals surface area contributed by atoms with Gasteiger partial charge in [-0.15, -0.1) is 0 Å². The van der Waals surface area contributed by atoms with Crippen LogP contribution in [0.1, 0.15) is 29.9 Å². The molecule has 1 aliphatic heterocycles. The van der Waals surface area contributed by atoms with Gasteiger partial charge in [0.25, 0.3) is 0 Å². The van der Waals surface area contributed by atoms with Gasteiger partial charge in [0, 0.05) is 30.9 Å². The van der Waals surface area contributed by atoms with Crippen molar-refractivity contribution in [3.63, 3.8) is 0 Å². The summed E-state index contributed by atoms with van der Waals surface area (Å²) in [6.07, 6.45) is 7.27. The summed E-state index contributed by atoms with van der Waals surface area (Å²) in [6, 6.07) is 2.02. The van der Waals surface area contributed by atoms with Gasteiger partial charge >= 0.3 is 0 Å². The number of hydrogen-bond acceptors (Lipinski definition) is 4. The molecule has 0 atom stereocenters. The maximum absolute atomic E-state index is 12.1. The van der Waals surface area contributed by atoms with E-state index < -0.39 is 0 Å². The van der Waals surface area contributed by atoms with Crippen LogP contribution in [0.2, 0.25) is 0 Å². The molecule has 1 aliphatic rings. The molecule has 114 valence electrons. The highest BCUT2D eigenvalue weighted by Crippen LogP contribution is 2.16. The number of carbonyl (C=O) groups excluding carboxylic acids is 1. The van der Waals surface area contributed by atoms with Crippen LogP contribution >= 0.6 is 0 Å². The summed E-state index contributed by atoms with van der Waals surface area (Å²) in [7, 11) is 0. The molecule has 3 heterocycles. The molecule has 7 nitrogen and oxygen atoms in total. The number of nitriles is 1. The van der Waals surface area contributed by atoms with Gasteiger partial charge < -0.3 is 9.88 Å². The lowest BCUT2D eigenvalue weighted by Gasteiger charge is -2.11. The smallest absolute Gasteiger partial charge is 0.231 e. The summed E-state index contributed by atoms with van der Waals surface area (Å²) in [4.78, 5) is 16.7. The Labute approximate surface area is 128 Å². The molecular weight excluding hydrogens is 280 g/mol. The predicted octanol–water partition coefficient (Wildman–Crippen LogP) is 1.43. The fourth-order valence-electron chi connectivity index (χ4n) is 2.70. The molecule has 0 radical (unpaired) electrons. The van der Waals surface area contributed by atoms with Crippen LogP contribution in [0.25, 0.3) is 0 Å². The van der Waals surface area contributed by atoms with Crippen molar-refractivity contribution in [2.24, 2.45) is 0 Å². The van der Waals surface area contributed by atoms with E-state index in [0.717, 1.165) is 36.5 Å². The Kier molecular flexibility index (Phi) is 3.92. The molecule has 0 spiro atoms. The monoisotopic (exact) mass is 298 g/mol. The molecule has 0 bridgehead atoms. The average Bonchev–Trinajstić information content (AvgIpc) is 3.02. The first-order valence-corrected chi connectivity index (χ1v) is 7.41. The number of anilines is 1. The van der Waals surface area contributed by atoms with Crippen molar-refractivity contribution in [1.29, 1.82) is 5.26 Å². The summed E-state index contributed by atoms with van der Waals surface area (Å²) in [5.74, 6) is 1.44. The zero-order valence-electron chi connectivity index (χ0n) is 12.5. The summed E-state index contributed by atoms with van der Waals surface area (Å²) in [6.45, 7) is 3.01. The number of imidazole rings is 1. The van der Waals surface area contributed by atoms with E-state index in [1.807, 2.05) is 19.2 Å². The molecule has 0 aromatic carbocycles. The Morgan fingerprint density at radius 2 is 2.32 bits per heavy atom. The quantitative estimate of drug-likeness (QED) is 0.924. The molecule has 0 aliphatic carbocycles. The topological polar surface area (TPSA) is 88.5 Å². The van der Waals surface area contributed by atoms with E-state index in [4.69, 9.17) is 5.26 Å². The molecule has 1 N–H and O–H groups in total. The molecule has 0 fully saturated rings. The average molecular weight is 298 g/mol. The Hall–Kier alpha value is -2.62. The molecule has 2 aromatic rings. The second-order valence-electron chi connectivity index (χ2n) is 5.54. The van der Waals surface area contributed by atoms with Crippen molar-refractivity contribution >= 4 is 11.7 Å². The lowest BCUT2D eigenvalue weighted by atomic mass is 10.2. The Morgan fingerprint density at radius 1 is 1.45 bits per heavy atom. The molecule has 0 saturated heterocycles. The zero-order valence-corrected chi connectivity index (χ0v) is 12.5. The Morgan fingerprint density at radius 3 is 3.09 bits per heavy atom. The number of nitrogens with one attached hydrogen (secondary N) is 1. The van der Waals surface area contributed by atoms with Crippen LogP contribution in [0.15, 0.2) is 12.4 Å². The minimum atomic E-state index is -0.138. The third-order valence-corrected chi connectivity index (χ3v) is 3.74. The van der Waals surface area contributed by atoms with Gasteiger partial charge in [0.15, 0.2) is 5.82 Å². The van der Waals surface area contributed by atoms with Crippen LogP contribution in [0.4, 0.5) is 5.82 Å². The van der Waals surface area contributed by atoms with E-state index in [-0.39, 0.29) is 18.9 Å². The van der Waals surface area contributed by atoms with E-state index in [9.17, 15) is 4.79 Å². The maximum atomic E-state index is 12.1. The highest BCUT2D eigenvalue weighted by atomic mass is 16.1. The number of aromatic nitrogens is 4. The van der Waals surface area contributed by atoms with Crippen molar-refractivity contribution in [2.75, 3.05) is 5.32 Å². The highest BCUT2D eigenvalue weighted by molar-refractivity contribution is 5.91.